The van der Waals surface area contributed by atoms with Gasteiger partial charge in [0.15, 0.2) is 0 Å². The summed E-state index contributed by atoms with van der Waals surface area (Å²) in [5, 5.41) is 10.2. The zero-order valence-electron chi connectivity index (χ0n) is 8.70. The number of amides is 1. The van der Waals surface area contributed by atoms with Crippen LogP contribution in [0.4, 0.5) is 5.69 Å². The smallest absolute Gasteiger partial charge is 0.286 e. The molecule has 1 aromatic carbocycles. The van der Waals surface area contributed by atoms with Gasteiger partial charge in [-0.3, -0.25) is 4.79 Å². The van der Waals surface area contributed by atoms with Crippen LogP contribution < -0.4 is 5.32 Å². The molecule has 1 heterocycles. The van der Waals surface area contributed by atoms with E-state index in [0.29, 0.717) is 5.69 Å². The third-order valence-electron chi connectivity index (χ3n) is 2.03. The first-order chi connectivity index (χ1) is 8.08. The van der Waals surface area contributed by atoms with Gasteiger partial charge in [-0.15, -0.1) is 10.2 Å². The summed E-state index contributed by atoms with van der Waals surface area (Å²) in [7, 11) is 0. The fourth-order valence-corrected chi connectivity index (χ4v) is 2.30. The van der Waals surface area contributed by atoms with Crippen LogP contribution in [0.1, 0.15) is 15.4 Å². The number of halogens is 2. The molecular formula is C10H7BrClN3OS. The predicted octanol–water partition coefficient (Wildman–Crippen LogP) is 3.51. The van der Waals surface area contributed by atoms with Gasteiger partial charge in [0.05, 0.1) is 5.69 Å². The largest absolute Gasteiger partial charge is 0.319 e. The molecule has 0 saturated heterocycles. The number of nitrogens with zero attached hydrogens (tertiary/aromatic N) is 2. The van der Waals surface area contributed by atoms with Crippen LogP contribution in [0.3, 0.4) is 0 Å². The number of hydrogen-bond donors (Lipinski definition) is 1. The van der Waals surface area contributed by atoms with Crippen molar-refractivity contribution in [2.24, 2.45) is 0 Å². The molecule has 0 unspecified atom stereocenters. The van der Waals surface area contributed by atoms with Gasteiger partial charge in [0.25, 0.3) is 5.91 Å². The Bertz CT molecular complexity index is 572. The summed E-state index contributed by atoms with van der Waals surface area (Å²) in [4.78, 5) is 11.8. The molecule has 1 amide bonds. The van der Waals surface area contributed by atoms with Gasteiger partial charge < -0.3 is 5.32 Å². The summed E-state index contributed by atoms with van der Waals surface area (Å²) >= 11 is 10.1. The zero-order chi connectivity index (χ0) is 12.4. The summed E-state index contributed by atoms with van der Waals surface area (Å²) < 4.78 is 1.10. The first kappa shape index (κ1) is 12.5. The van der Waals surface area contributed by atoms with Crippen molar-refractivity contribution in [3.8, 4) is 0 Å². The SMILES string of the molecule is Cc1cccc(NC(=O)c2nnc(Cl)s2)c1Br. The van der Waals surface area contributed by atoms with E-state index in [0.717, 1.165) is 21.4 Å². The van der Waals surface area contributed by atoms with Crippen LogP contribution in [-0.4, -0.2) is 16.1 Å². The topological polar surface area (TPSA) is 54.9 Å². The Hall–Kier alpha value is -0.980. The molecule has 0 radical (unpaired) electrons. The standard InChI is InChI=1S/C10H7BrClN3OS/c1-5-3-2-4-6(7(5)11)13-8(16)9-14-15-10(12)17-9/h2-4H,1H3,(H,13,16). The number of carbonyl (C=O) groups excluding carboxylic acids is 1. The summed E-state index contributed by atoms with van der Waals surface area (Å²) in [5.41, 5.74) is 1.74. The van der Waals surface area contributed by atoms with Crippen LogP contribution in [0.5, 0.6) is 0 Å². The minimum Gasteiger partial charge on any atom is -0.319 e. The van der Waals surface area contributed by atoms with Gasteiger partial charge in [-0.25, -0.2) is 0 Å². The number of anilines is 1. The van der Waals surface area contributed by atoms with E-state index in [1.165, 1.54) is 0 Å². The van der Waals surface area contributed by atoms with Crippen LogP contribution >= 0.6 is 38.9 Å². The van der Waals surface area contributed by atoms with Crippen LogP contribution in [-0.2, 0) is 0 Å². The second-order valence-electron chi connectivity index (χ2n) is 3.25. The average molecular weight is 333 g/mol. The van der Waals surface area contributed by atoms with Gasteiger partial charge >= 0.3 is 0 Å². The number of benzene rings is 1. The molecule has 2 rings (SSSR count). The van der Waals surface area contributed by atoms with Crippen molar-refractivity contribution in [1.82, 2.24) is 10.2 Å². The predicted molar refractivity (Wildman–Crippen MR) is 71.8 cm³/mol. The summed E-state index contributed by atoms with van der Waals surface area (Å²) in [6, 6.07) is 5.61. The van der Waals surface area contributed by atoms with Gasteiger partial charge in [0.1, 0.15) is 0 Å². The number of rotatable bonds is 2. The molecule has 0 aliphatic heterocycles. The number of aryl methyl sites for hydroxylation is 1. The Morgan fingerprint density at radius 1 is 1.47 bits per heavy atom. The van der Waals surface area contributed by atoms with Crippen molar-refractivity contribution < 1.29 is 4.79 Å². The van der Waals surface area contributed by atoms with Gasteiger partial charge in [0.2, 0.25) is 9.47 Å². The minimum absolute atomic E-state index is 0.239. The molecule has 88 valence electrons. The van der Waals surface area contributed by atoms with Gasteiger partial charge in [-0.1, -0.05) is 23.5 Å². The van der Waals surface area contributed by atoms with E-state index in [2.05, 4.69) is 31.4 Å². The van der Waals surface area contributed by atoms with E-state index in [-0.39, 0.29) is 15.4 Å². The molecule has 4 nitrogen and oxygen atoms in total. The van der Waals surface area contributed by atoms with Crippen molar-refractivity contribution in [2.45, 2.75) is 6.92 Å². The fourth-order valence-electron chi connectivity index (χ4n) is 1.22. The van der Waals surface area contributed by atoms with E-state index in [1.807, 2.05) is 19.1 Å². The minimum atomic E-state index is -0.319. The summed E-state index contributed by atoms with van der Waals surface area (Å²) in [6.45, 7) is 1.95. The highest BCUT2D eigenvalue weighted by molar-refractivity contribution is 9.10. The average Bonchev–Trinajstić information content (AvgIpc) is 2.72. The highest BCUT2D eigenvalue weighted by Crippen LogP contribution is 2.26. The molecule has 2 aromatic rings. The lowest BCUT2D eigenvalue weighted by molar-refractivity contribution is 0.102. The number of aromatic nitrogens is 2. The summed E-state index contributed by atoms with van der Waals surface area (Å²) in [5.74, 6) is -0.319. The third-order valence-corrected chi connectivity index (χ3v) is 4.10. The molecular weight excluding hydrogens is 326 g/mol. The lowest BCUT2D eigenvalue weighted by atomic mass is 10.2. The van der Waals surface area contributed by atoms with E-state index in [1.54, 1.807) is 6.07 Å². The zero-order valence-corrected chi connectivity index (χ0v) is 11.9. The third kappa shape index (κ3) is 2.83. The maximum atomic E-state index is 11.8. The van der Waals surface area contributed by atoms with Crippen molar-refractivity contribution in [1.29, 1.82) is 0 Å². The van der Waals surface area contributed by atoms with E-state index in [4.69, 9.17) is 11.6 Å². The first-order valence-corrected chi connectivity index (χ1v) is 6.62. The molecule has 7 heteroatoms. The van der Waals surface area contributed by atoms with E-state index >= 15 is 0 Å². The van der Waals surface area contributed by atoms with E-state index in [9.17, 15) is 4.79 Å². The Morgan fingerprint density at radius 3 is 2.88 bits per heavy atom. The molecule has 0 atom stereocenters. The Labute approximate surface area is 115 Å². The van der Waals surface area contributed by atoms with Crippen molar-refractivity contribution in [3.05, 3.63) is 37.7 Å². The lowest BCUT2D eigenvalue weighted by Crippen LogP contribution is -2.12. The molecule has 0 aliphatic carbocycles. The fraction of sp³-hybridized carbons (Fsp3) is 0.100. The highest BCUT2D eigenvalue weighted by atomic mass is 79.9. The quantitative estimate of drug-likeness (QED) is 0.915. The lowest BCUT2D eigenvalue weighted by Gasteiger charge is -2.07. The number of carbonyl (C=O) groups is 1. The van der Waals surface area contributed by atoms with Crippen molar-refractivity contribution in [3.63, 3.8) is 0 Å². The van der Waals surface area contributed by atoms with Crippen LogP contribution in [0.25, 0.3) is 0 Å². The van der Waals surface area contributed by atoms with Gasteiger partial charge in [-0.2, -0.15) is 0 Å². The maximum absolute atomic E-state index is 11.8. The molecule has 0 aliphatic rings. The Morgan fingerprint density at radius 2 is 2.24 bits per heavy atom. The Balaban J connectivity index is 2.21. The molecule has 0 spiro atoms. The van der Waals surface area contributed by atoms with Gasteiger partial charge in [-0.05, 0) is 46.1 Å². The maximum Gasteiger partial charge on any atom is 0.286 e. The molecule has 0 fully saturated rings. The van der Waals surface area contributed by atoms with Crippen LogP contribution in [0, 0.1) is 6.92 Å². The number of hydrogen-bond acceptors (Lipinski definition) is 4. The summed E-state index contributed by atoms with van der Waals surface area (Å²) in [6.07, 6.45) is 0. The normalized spacial score (nSPS) is 10.3. The highest BCUT2D eigenvalue weighted by Gasteiger charge is 2.13. The van der Waals surface area contributed by atoms with Crippen LogP contribution in [0.2, 0.25) is 4.47 Å². The second kappa shape index (κ2) is 5.12. The second-order valence-corrected chi connectivity index (χ2v) is 5.60. The molecule has 0 saturated carbocycles. The monoisotopic (exact) mass is 331 g/mol. The molecule has 17 heavy (non-hydrogen) atoms. The number of nitrogens with one attached hydrogen (secondary N) is 1. The van der Waals surface area contributed by atoms with E-state index < -0.39 is 0 Å². The molecule has 0 bridgehead atoms. The molecule has 1 N–H and O–H groups in total. The first-order valence-electron chi connectivity index (χ1n) is 4.63. The van der Waals surface area contributed by atoms with Gasteiger partial charge in [0, 0.05) is 4.47 Å². The molecule has 1 aromatic heterocycles. The van der Waals surface area contributed by atoms with Crippen LogP contribution in [0.15, 0.2) is 22.7 Å². The van der Waals surface area contributed by atoms with Crippen molar-refractivity contribution in [2.75, 3.05) is 5.32 Å². The Kier molecular flexibility index (Phi) is 3.76. The van der Waals surface area contributed by atoms with Crippen molar-refractivity contribution >= 4 is 50.5 Å².